The van der Waals surface area contributed by atoms with Gasteiger partial charge in [-0.1, -0.05) is 30.3 Å². The van der Waals surface area contributed by atoms with Gasteiger partial charge in [0.2, 0.25) is 5.88 Å². The van der Waals surface area contributed by atoms with Crippen LogP contribution in [0.25, 0.3) is 10.9 Å². The Bertz CT molecular complexity index is 1210. The normalized spacial score (nSPS) is 15.5. The molecule has 1 aliphatic heterocycles. The summed E-state index contributed by atoms with van der Waals surface area (Å²) in [6.07, 6.45) is 4.12. The molecule has 0 spiro atoms. The number of hydrogen-bond donors (Lipinski definition) is 1. The highest BCUT2D eigenvalue weighted by Gasteiger charge is 2.24. The van der Waals surface area contributed by atoms with Gasteiger partial charge in [0.1, 0.15) is 11.5 Å². The van der Waals surface area contributed by atoms with Gasteiger partial charge in [-0.3, -0.25) is 9.88 Å². The number of aromatic nitrogens is 3. The topological polar surface area (TPSA) is 80.6 Å². The van der Waals surface area contributed by atoms with Crippen LogP contribution in [0.4, 0.5) is 0 Å². The van der Waals surface area contributed by atoms with Crippen LogP contribution in [-0.4, -0.2) is 38.6 Å². The second-order valence-corrected chi connectivity index (χ2v) is 7.57. The Labute approximate surface area is 179 Å². The third kappa shape index (κ3) is 4.00. The first-order valence-electron chi connectivity index (χ1n) is 10.2. The Kier molecular flexibility index (Phi) is 5.09. The fraction of sp³-hybridized carbons (Fsp3) is 0.208. The van der Waals surface area contributed by atoms with Crippen molar-refractivity contribution in [1.29, 1.82) is 0 Å². The molecule has 31 heavy (non-hydrogen) atoms. The Balaban J connectivity index is 1.29. The van der Waals surface area contributed by atoms with E-state index in [-0.39, 0.29) is 11.9 Å². The molecule has 1 atom stereocenters. The lowest BCUT2D eigenvalue weighted by atomic mass is 9.99. The fourth-order valence-corrected chi connectivity index (χ4v) is 3.94. The number of para-hydroxylation sites is 1. The van der Waals surface area contributed by atoms with Gasteiger partial charge in [-0.15, -0.1) is 0 Å². The van der Waals surface area contributed by atoms with Crippen LogP contribution in [0.1, 0.15) is 23.6 Å². The van der Waals surface area contributed by atoms with Gasteiger partial charge in [-0.2, -0.15) is 9.97 Å². The number of benzene rings is 2. The molecular formula is C24H22N4O3. The van der Waals surface area contributed by atoms with Crippen molar-refractivity contribution < 1.29 is 14.6 Å². The zero-order valence-electron chi connectivity index (χ0n) is 17.1. The zero-order chi connectivity index (χ0) is 21.2. The van der Waals surface area contributed by atoms with E-state index in [1.807, 2.05) is 36.4 Å². The summed E-state index contributed by atoms with van der Waals surface area (Å²) in [7, 11) is 2.14. The maximum atomic E-state index is 10.1. The van der Waals surface area contributed by atoms with Crippen molar-refractivity contribution in [2.75, 3.05) is 13.7 Å². The molecule has 0 aliphatic carbocycles. The van der Waals surface area contributed by atoms with Gasteiger partial charge in [0, 0.05) is 30.8 Å². The quantitative estimate of drug-likeness (QED) is 0.516. The molecule has 0 saturated carbocycles. The van der Waals surface area contributed by atoms with Gasteiger partial charge in [-0.25, -0.2) is 0 Å². The zero-order valence-corrected chi connectivity index (χ0v) is 17.1. The van der Waals surface area contributed by atoms with E-state index in [0.29, 0.717) is 22.7 Å². The van der Waals surface area contributed by atoms with Crippen LogP contribution >= 0.6 is 0 Å². The summed E-state index contributed by atoms with van der Waals surface area (Å²) in [5.74, 6) is 1.45. The molecule has 4 aromatic rings. The highest BCUT2D eigenvalue weighted by Crippen LogP contribution is 2.35. The van der Waals surface area contributed by atoms with Gasteiger partial charge in [0.15, 0.2) is 0 Å². The lowest BCUT2D eigenvalue weighted by Crippen LogP contribution is -2.28. The molecule has 1 N–H and O–H groups in total. The molecule has 2 aromatic heterocycles. The molecule has 1 aliphatic rings. The molecule has 0 fully saturated rings. The van der Waals surface area contributed by atoms with Crippen molar-refractivity contribution >= 4 is 10.9 Å². The van der Waals surface area contributed by atoms with Gasteiger partial charge in [-0.05, 0) is 36.9 Å². The van der Waals surface area contributed by atoms with Crippen molar-refractivity contribution in [3.05, 3.63) is 78.1 Å². The smallest absolute Gasteiger partial charge is 0.325 e. The van der Waals surface area contributed by atoms with Crippen LogP contribution < -0.4 is 9.47 Å². The molecule has 2 aromatic carbocycles. The van der Waals surface area contributed by atoms with E-state index in [1.165, 1.54) is 11.1 Å². The summed E-state index contributed by atoms with van der Waals surface area (Å²) in [4.78, 5) is 14.7. The Morgan fingerprint density at radius 2 is 1.94 bits per heavy atom. The van der Waals surface area contributed by atoms with Crippen molar-refractivity contribution in [3.8, 4) is 23.4 Å². The first kappa shape index (κ1) is 19.3. The minimum absolute atomic E-state index is 0.0849. The van der Waals surface area contributed by atoms with Gasteiger partial charge < -0.3 is 14.6 Å². The standard InChI is InChI=1S/C24H22N4O3/c1-28(21-11-13-30-22-5-3-2-4-19(21)22)15-16-6-8-17(9-7-16)31-24-26-20-14-25-12-10-18(20)23(29)27-24/h2-10,12,14,21H,11,13,15H2,1H3,(H,26,27,29). The highest BCUT2D eigenvalue weighted by atomic mass is 16.5. The number of rotatable bonds is 5. The van der Waals surface area contributed by atoms with Crippen molar-refractivity contribution in [2.24, 2.45) is 0 Å². The molecule has 5 rings (SSSR count). The number of pyridine rings is 1. The molecule has 0 bridgehead atoms. The van der Waals surface area contributed by atoms with Crippen LogP contribution in [-0.2, 0) is 6.54 Å². The van der Waals surface area contributed by atoms with Gasteiger partial charge >= 0.3 is 6.01 Å². The summed E-state index contributed by atoms with van der Waals surface area (Å²) >= 11 is 0. The second kappa shape index (κ2) is 8.20. The van der Waals surface area contributed by atoms with Crippen LogP contribution in [0.3, 0.4) is 0 Å². The Morgan fingerprint density at radius 3 is 2.81 bits per heavy atom. The lowest BCUT2D eigenvalue weighted by molar-refractivity contribution is 0.161. The van der Waals surface area contributed by atoms with Crippen LogP contribution in [0.5, 0.6) is 23.4 Å². The third-order valence-electron chi connectivity index (χ3n) is 5.48. The van der Waals surface area contributed by atoms with E-state index >= 15 is 0 Å². The minimum atomic E-state index is -0.127. The molecule has 0 radical (unpaired) electrons. The molecule has 1 unspecified atom stereocenters. The second-order valence-electron chi connectivity index (χ2n) is 7.57. The van der Waals surface area contributed by atoms with E-state index in [9.17, 15) is 5.11 Å². The van der Waals surface area contributed by atoms with E-state index in [0.717, 1.165) is 25.3 Å². The lowest BCUT2D eigenvalue weighted by Gasteiger charge is -2.33. The first-order chi connectivity index (χ1) is 15.2. The Hall–Kier alpha value is -3.71. The van der Waals surface area contributed by atoms with Crippen molar-refractivity contribution in [3.63, 3.8) is 0 Å². The van der Waals surface area contributed by atoms with Gasteiger partial charge in [0.05, 0.1) is 23.7 Å². The van der Waals surface area contributed by atoms with Gasteiger partial charge in [0.25, 0.3) is 0 Å². The Morgan fingerprint density at radius 1 is 1.10 bits per heavy atom. The van der Waals surface area contributed by atoms with Crippen LogP contribution in [0, 0.1) is 0 Å². The predicted octanol–water partition coefficient (Wildman–Crippen LogP) is 4.48. The molecule has 3 heterocycles. The van der Waals surface area contributed by atoms with E-state index in [1.54, 1.807) is 18.5 Å². The maximum absolute atomic E-state index is 10.1. The largest absolute Gasteiger partial charge is 0.493 e. The summed E-state index contributed by atoms with van der Waals surface area (Å²) in [6.45, 7) is 1.53. The number of aromatic hydroxyl groups is 1. The number of ether oxygens (including phenoxy) is 2. The average Bonchev–Trinajstić information content (AvgIpc) is 2.80. The minimum Gasteiger partial charge on any atom is -0.493 e. The summed E-state index contributed by atoms with van der Waals surface area (Å²) in [5, 5.41) is 10.6. The fourth-order valence-electron chi connectivity index (χ4n) is 3.94. The SMILES string of the molecule is CN(Cc1ccc(Oc2nc(O)c3ccncc3n2)cc1)C1CCOc2ccccc21. The molecular weight excluding hydrogens is 392 g/mol. The first-order valence-corrected chi connectivity index (χ1v) is 10.2. The number of nitrogens with zero attached hydrogens (tertiary/aromatic N) is 4. The molecule has 7 nitrogen and oxygen atoms in total. The summed E-state index contributed by atoms with van der Waals surface area (Å²) in [5.41, 5.74) is 2.93. The van der Waals surface area contributed by atoms with E-state index in [2.05, 4.69) is 39.0 Å². The van der Waals surface area contributed by atoms with E-state index in [4.69, 9.17) is 9.47 Å². The molecule has 7 heteroatoms. The molecule has 0 amide bonds. The molecule has 0 saturated heterocycles. The van der Waals surface area contributed by atoms with Crippen molar-refractivity contribution in [2.45, 2.75) is 19.0 Å². The number of hydrogen-bond acceptors (Lipinski definition) is 7. The summed E-state index contributed by atoms with van der Waals surface area (Å²) in [6, 6.07) is 18.1. The predicted molar refractivity (Wildman–Crippen MR) is 116 cm³/mol. The third-order valence-corrected chi connectivity index (χ3v) is 5.48. The van der Waals surface area contributed by atoms with E-state index < -0.39 is 0 Å². The monoisotopic (exact) mass is 414 g/mol. The van der Waals surface area contributed by atoms with Crippen LogP contribution in [0.15, 0.2) is 67.0 Å². The maximum Gasteiger partial charge on any atom is 0.325 e. The highest BCUT2D eigenvalue weighted by molar-refractivity contribution is 5.82. The van der Waals surface area contributed by atoms with Crippen LogP contribution in [0.2, 0.25) is 0 Å². The molecule has 156 valence electrons. The van der Waals surface area contributed by atoms with Crippen molar-refractivity contribution in [1.82, 2.24) is 19.9 Å². The number of fused-ring (bicyclic) bond motifs is 2. The summed E-state index contributed by atoms with van der Waals surface area (Å²) < 4.78 is 11.5. The average molecular weight is 414 g/mol.